The van der Waals surface area contributed by atoms with E-state index in [1.165, 1.54) is 0 Å². The van der Waals surface area contributed by atoms with Crippen LogP contribution in [0.25, 0.3) is 5.57 Å². The first-order valence-corrected chi connectivity index (χ1v) is 10.3. The maximum absolute atomic E-state index is 13.6. The first-order valence-electron chi connectivity index (χ1n) is 10.3. The fourth-order valence-corrected chi connectivity index (χ4v) is 4.49. The minimum absolute atomic E-state index is 0.0231. The second-order valence-electron chi connectivity index (χ2n) is 8.11. The number of rotatable bonds is 4. The van der Waals surface area contributed by atoms with Crippen molar-refractivity contribution in [2.24, 2.45) is 10.9 Å². The summed E-state index contributed by atoms with van der Waals surface area (Å²) >= 11 is 0. The topological polar surface area (TPSA) is 65.8 Å². The van der Waals surface area contributed by atoms with Crippen LogP contribution in [-0.4, -0.2) is 43.4 Å². The molecule has 0 fully saturated rings. The molecule has 0 saturated carbocycles. The molecule has 154 valence electrons. The second kappa shape index (κ2) is 7.90. The number of aliphatic imine (C=N–C) groups is 1. The maximum Gasteiger partial charge on any atom is 0.206 e. The van der Waals surface area contributed by atoms with Gasteiger partial charge in [0.05, 0.1) is 19.4 Å². The Kier molecular flexibility index (Phi) is 5.29. The number of benzene rings is 2. The molecule has 0 amide bonds. The molecule has 1 unspecified atom stereocenters. The van der Waals surface area contributed by atoms with Gasteiger partial charge in [-0.25, -0.2) is 0 Å². The lowest BCUT2D eigenvalue weighted by molar-refractivity contribution is -0.117. The van der Waals surface area contributed by atoms with Crippen LogP contribution in [0, 0.1) is 11.3 Å². The molecule has 0 bridgehead atoms. The molecule has 5 nitrogen and oxygen atoms in total. The molecule has 1 aliphatic heterocycles. The van der Waals surface area contributed by atoms with Gasteiger partial charge in [-0.3, -0.25) is 9.79 Å². The number of benzodiazepines with no additional fused rings is 1. The highest BCUT2D eigenvalue weighted by molar-refractivity contribution is 6.46. The first-order chi connectivity index (χ1) is 14.5. The third-order valence-corrected chi connectivity index (χ3v) is 6.10. The zero-order valence-corrected chi connectivity index (χ0v) is 17.7. The Hall–Kier alpha value is -3.21. The van der Waals surface area contributed by atoms with Crippen LogP contribution >= 0.6 is 0 Å². The van der Waals surface area contributed by atoms with Gasteiger partial charge in [-0.05, 0) is 41.3 Å². The molecule has 4 rings (SSSR count). The van der Waals surface area contributed by atoms with E-state index in [9.17, 15) is 4.79 Å². The summed E-state index contributed by atoms with van der Waals surface area (Å²) in [6.07, 6.45) is 4.32. The summed E-state index contributed by atoms with van der Waals surface area (Å²) in [6, 6.07) is 15.9. The molecule has 1 heterocycles. The van der Waals surface area contributed by atoms with Gasteiger partial charge < -0.3 is 15.0 Å². The van der Waals surface area contributed by atoms with Gasteiger partial charge in [0.2, 0.25) is 5.78 Å². The predicted octanol–water partition coefficient (Wildman–Crippen LogP) is 4.41. The van der Waals surface area contributed by atoms with Crippen LogP contribution in [0.4, 0.5) is 5.69 Å². The fourth-order valence-electron chi connectivity index (χ4n) is 4.49. The lowest BCUT2D eigenvalue weighted by Crippen LogP contribution is -2.61. The van der Waals surface area contributed by atoms with Gasteiger partial charge in [-0.2, -0.15) is 0 Å². The van der Waals surface area contributed by atoms with Crippen molar-refractivity contribution in [3.63, 3.8) is 0 Å². The molecule has 2 aliphatic rings. The number of Topliss-reactive ketones (excluding diaryl/α,β-unsaturated/α-hetero) is 1. The molecule has 1 N–H and O–H groups in total. The lowest BCUT2D eigenvalue weighted by Gasteiger charge is -2.47. The number of methoxy groups -OCH3 is 1. The Labute approximate surface area is 177 Å². The van der Waals surface area contributed by atoms with Crippen LogP contribution in [0.1, 0.15) is 31.4 Å². The van der Waals surface area contributed by atoms with Crippen LogP contribution in [0.2, 0.25) is 0 Å². The first kappa shape index (κ1) is 20.1. The van der Waals surface area contributed by atoms with Crippen molar-refractivity contribution in [2.75, 3.05) is 25.1 Å². The molecular weight excluding hydrogens is 374 g/mol. The van der Waals surface area contributed by atoms with Gasteiger partial charge in [0, 0.05) is 30.4 Å². The second-order valence-corrected chi connectivity index (χ2v) is 8.11. The smallest absolute Gasteiger partial charge is 0.206 e. The number of nitrogens with one attached hydrogen (secondary N) is 1. The number of ketones is 1. The van der Waals surface area contributed by atoms with Gasteiger partial charge in [0.1, 0.15) is 11.3 Å². The average Bonchev–Trinajstić information content (AvgIpc) is 2.98. The van der Waals surface area contributed by atoms with E-state index in [0.717, 1.165) is 28.1 Å². The molecule has 30 heavy (non-hydrogen) atoms. The van der Waals surface area contributed by atoms with Crippen LogP contribution in [0.15, 0.2) is 59.6 Å². The van der Waals surface area contributed by atoms with Gasteiger partial charge in [0.15, 0.2) is 0 Å². The van der Waals surface area contributed by atoms with E-state index in [0.29, 0.717) is 19.5 Å². The van der Waals surface area contributed by atoms with Crippen molar-refractivity contribution in [3.05, 3.63) is 65.7 Å². The molecule has 0 saturated heterocycles. The van der Waals surface area contributed by atoms with E-state index in [-0.39, 0.29) is 17.4 Å². The zero-order chi connectivity index (χ0) is 21.3. The number of hydrogen-bond donors (Lipinski definition) is 1. The Bertz CT molecular complexity index is 1040. The van der Waals surface area contributed by atoms with Gasteiger partial charge in [0.25, 0.3) is 0 Å². The Balaban J connectivity index is 1.90. The highest BCUT2D eigenvalue weighted by atomic mass is 16.5. The Morgan fingerprint density at radius 1 is 1.13 bits per heavy atom. The number of hydrogen-bond acceptors (Lipinski definition) is 5. The highest BCUT2D eigenvalue weighted by Crippen LogP contribution is 2.41. The summed E-state index contributed by atoms with van der Waals surface area (Å²) in [5.41, 5.74) is 3.23. The lowest BCUT2D eigenvalue weighted by atomic mass is 9.71. The monoisotopic (exact) mass is 401 g/mol. The molecule has 2 aromatic carbocycles. The summed E-state index contributed by atoms with van der Waals surface area (Å²) in [5, 5.41) is 8.59. The molecule has 5 heteroatoms. The number of allylic oxidation sites excluding steroid dienone is 1. The summed E-state index contributed by atoms with van der Waals surface area (Å²) in [5.74, 6) is 0.645. The normalized spacial score (nSPS) is 21.3. The van der Waals surface area contributed by atoms with Gasteiger partial charge >= 0.3 is 0 Å². The molecular formula is C25H27N3O2. The number of para-hydroxylation sites is 1. The SMILES string of the molecule is COc1ccc(C2=CC(C(C)C)(N3CCN=Cc4ccccc43)C(=O)C(=N)C2)cc1. The van der Waals surface area contributed by atoms with Gasteiger partial charge in [-0.1, -0.05) is 44.2 Å². The van der Waals surface area contributed by atoms with Gasteiger partial charge in [-0.15, -0.1) is 0 Å². The number of fused-ring (bicyclic) bond motifs is 1. The van der Waals surface area contributed by atoms with E-state index in [2.05, 4.69) is 29.8 Å². The third-order valence-electron chi connectivity index (χ3n) is 6.10. The van der Waals surface area contributed by atoms with Crippen LogP contribution < -0.4 is 9.64 Å². The van der Waals surface area contributed by atoms with Crippen molar-refractivity contribution in [3.8, 4) is 5.75 Å². The fraction of sp³-hybridized carbons (Fsp3) is 0.320. The van der Waals surface area contributed by atoms with E-state index in [1.807, 2.05) is 54.7 Å². The van der Waals surface area contributed by atoms with E-state index < -0.39 is 5.54 Å². The van der Waals surface area contributed by atoms with E-state index in [4.69, 9.17) is 10.1 Å². The Morgan fingerprint density at radius 2 is 1.87 bits per heavy atom. The number of nitrogens with zero attached hydrogens (tertiary/aromatic N) is 2. The predicted molar refractivity (Wildman–Crippen MR) is 122 cm³/mol. The minimum Gasteiger partial charge on any atom is -0.497 e. The van der Waals surface area contributed by atoms with Crippen LogP contribution in [-0.2, 0) is 4.79 Å². The molecule has 2 aromatic rings. The molecule has 0 radical (unpaired) electrons. The third kappa shape index (κ3) is 3.24. The Morgan fingerprint density at radius 3 is 2.57 bits per heavy atom. The standard InChI is InChI=1S/C25H27N3O2/c1-17(2)25(28-13-12-27-16-19-6-4-5-7-23(19)28)15-20(14-22(26)24(25)29)18-8-10-21(30-3)11-9-18/h4-11,15-17,26H,12-14H2,1-3H3. The number of ether oxygens (including phenoxy) is 1. The maximum atomic E-state index is 13.6. The molecule has 1 atom stereocenters. The molecule has 1 aliphatic carbocycles. The largest absolute Gasteiger partial charge is 0.497 e. The number of carbonyl (C=O) groups is 1. The molecule has 0 aromatic heterocycles. The summed E-state index contributed by atoms with van der Waals surface area (Å²) in [6.45, 7) is 5.35. The number of carbonyl (C=O) groups excluding carboxylic acids is 1. The quantitative estimate of drug-likeness (QED) is 0.825. The zero-order valence-electron chi connectivity index (χ0n) is 17.7. The van der Waals surface area contributed by atoms with Crippen molar-refractivity contribution >= 4 is 29.0 Å². The van der Waals surface area contributed by atoms with Crippen molar-refractivity contribution in [1.29, 1.82) is 5.41 Å². The summed E-state index contributed by atoms with van der Waals surface area (Å²) in [4.78, 5) is 20.3. The van der Waals surface area contributed by atoms with E-state index in [1.54, 1.807) is 7.11 Å². The summed E-state index contributed by atoms with van der Waals surface area (Å²) in [7, 11) is 1.64. The van der Waals surface area contributed by atoms with Crippen LogP contribution in [0.3, 0.4) is 0 Å². The van der Waals surface area contributed by atoms with Crippen molar-refractivity contribution < 1.29 is 9.53 Å². The summed E-state index contributed by atoms with van der Waals surface area (Å²) < 4.78 is 5.28. The van der Waals surface area contributed by atoms with E-state index >= 15 is 0 Å². The average molecular weight is 402 g/mol. The van der Waals surface area contributed by atoms with Crippen molar-refractivity contribution in [2.45, 2.75) is 25.8 Å². The molecule has 0 spiro atoms. The number of anilines is 1. The minimum atomic E-state index is -0.922. The highest BCUT2D eigenvalue weighted by Gasteiger charge is 2.49. The van der Waals surface area contributed by atoms with Crippen LogP contribution in [0.5, 0.6) is 5.75 Å². The van der Waals surface area contributed by atoms with Crippen molar-refractivity contribution in [1.82, 2.24) is 0 Å².